The Balaban J connectivity index is 1.61. The van der Waals surface area contributed by atoms with Crippen LogP contribution in [-0.4, -0.2) is 36.2 Å². The van der Waals surface area contributed by atoms with Gasteiger partial charge >= 0.3 is 0 Å². The van der Waals surface area contributed by atoms with Crippen LogP contribution in [0, 0.1) is 19.3 Å². The van der Waals surface area contributed by atoms with Gasteiger partial charge in [0, 0.05) is 41.9 Å². The van der Waals surface area contributed by atoms with Crippen LogP contribution in [0.2, 0.25) is 0 Å². The van der Waals surface area contributed by atoms with Gasteiger partial charge in [-0.3, -0.25) is 9.88 Å². The number of aromatic nitrogens is 1. The maximum absolute atomic E-state index is 5.89. The molecule has 3 heterocycles. The molecule has 0 aliphatic carbocycles. The number of aryl methyl sites for hydroxylation is 3. The van der Waals surface area contributed by atoms with Crippen LogP contribution in [0.3, 0.4) is 0 Å². The highest BCUT2D eigenvalue weighted by atomic mass is 32.1. The lowest BCUT2D eigenvalue weighted by atomic mass is 9.82. The number of hydrogen-bond donors (Lipinski definition) is 0. The number of nitrogens with zero attached hydrogens (tertiary/aromatic N) is 2. The van der Waals surface area contributed by atoms with Crippen molar-refractivity contribution in [1.29, 1.82) is 0 Å². The van der Waals surface area contributed by atoms with Crippen molar-refractivity contribution < 1.29 is 4.74 Å². The van der Waals surface area contributed by atoms with Crippen molar-refractivity contribution in [3.8, 4) is 0 Å². The van der Waals surface area contributed by atoms with E-state index in [1.54, 1.807) is 0 Å². The van der Waals surface area contributed by atoms with Gasteiger partial charge < -0.3 is 4.74 Å². The molecule has 0 bridgehead atoms. The summed E-state index contributed by atoms with van der Waals surface area (Å²) in [6.07, 6.45) is 5.63. The van der Waals surface area contributed by atoms with Gasteiger partial charge in [-0.25, -0.2) is 0 Å². The summed E-state index contributed by atoms with van der Waals surface area (Å²) in [6.45, 7) is 11.3. The normalized spacial score (nSPS) is 21.1. The molecule has 1 saturated heterocycles. The molecule has 0 aromatic carbocycles. The number of pyridine rings is 1. The van der Waals surface area contributed by atoms with Gasteiger partial charge in [0.2, 0.25) is 0 Å². The molecule has 25 heavy (non-hydrogen) atoms. The molecule has 1 fully saturated rings. The fourth-order valence-electron chi connectivity index (χ4n) is 3.76. The van der Waals surface area contributed by atoms with E-state index in [0.29, 0.717) is 5.41 Å². The molecule has 1 aliphatic rings. The van der Waals surface area contributed by atoms with Gasteiger partial charge in [0.25, 0.3) is 0 Å². The van der Waals surface area contributed by atoms with E-state index in [2.05, 4.69) is 47.3 Å². The largest absolute Gasteiger partial charge is 0.381 e. The molecule has 0 radical (unpaired) electrons. The molecule has 1 aliphatic heterocycles. The molecule has 3 nitrogen and oxygen atoms in total. The zero-order valence-electron chi connectivity index (χ0n) is 15.8. The van der Waals surface area contributed by atoms with Crippen molar-refractivity contribution >= 4 is 11.3 Å². The van der Waals surface area contributed by atoms with Crippen LogP contribution < -0.4 is 0 Å². The SMILES string of the molecule is CCOC[C@]1(CCc2csc(C)c2)CCN(Cc2ccc(C)nc2)C1. The predicted octanol–water partition coefficient (Wildman–Crippen LogP) is 4.62. The first-order valence-corrected chi connectivity index (χ1v) is 10.2. The van der Waals surface area contributed by atoms with E-state index >= 15 is 0 Å². The number of hydrogen-bond acceptors (Lipinski definition) is 4. The summed E-state index contributed by atoms with van der Waals surface area (Å²) in [6, 6.07) is 6.65. The first-order valence-electron chi connectivity index (χ1n) is 9.34. The minimum Gasteiger partial charge on any atom is -0.381 e. The fourth-order valence-corrected chi connectivity index (χ4v) is 4.51. The van der Waals surface area contributed by atoms with Crippen LogP contribution in [0.1, 0.15) is 41.5 Å². The second kappa shape index (κ2) is 8.43. The monoisotopic (exact) mass is 358 g/mol. The van der Waals surface area contributed by atoms with E-state index in [0.717, 1.165) is 45.0 Å². The Morgan fingerprint density at radius 3 is 2.84 bits per heavy atom. The van der Waals surface area contributed by atoms with Crippen molar-refractivity contribution in [2.45, 2.75) is 46.6 Å². The Labute approximate surface area is 156 Å². The predicted molar refractivity (Wildman–Crippen MR) is 105 cm³/mol. The van der Waals surface area contributed by atoms with Crippen LogP contribution in [0.15, 0.2) is 29.8 Å². The highest BCUT2D eigenvalue weighted by Crippen LogP contribution is 2.36. The third-order valence-electron chi connectivity index (χ3n) is 5.24. The summed E-state index contributed by atoms with van der Waals surface area (Å²) in [5, 5.41) is 2.31. The van der Waals surface area contributed by atoms with E-state index in [1.165, 1.54) is 28.8 Å². The molecule has 0 unspecified atom stereocenters. The van der Waals surface area contributed by atoms with Crippen molar-refractivity contribution in [3.63, 3.8) is 0 Å². The summed E-state index contributed by atoms with van der Waals surface area (Å²) in [7, 11) is 0. The van der Waals surface area contributed by atoms with Gasteiger partial charge in [0.05, 0.1) is 6.61 Å². The van der Waals surface area contributed by atoms with Crippen LogP contribution in [0.4, 0.5) is 0 Å². The first kappa shape index (κ1) is 18.6. The molecule has 3 rings (SSSR count). The van der Waals surface area contributed by atoms with Gasteiger partial charge in [-0.2, -0.15) is 0 Å². The maximum atomic E-state index is 5.89. The number of rotatable bonds is 8. The van der Waals surface area contributed by atoms with Crippen molar-refractivity contribution in [3.05, 3.63) is 51.5 Å². The van der Waals surface area contributed by atoms with Gasteiger partial charge in [-0.05, 0) is 75.2 Å². The Hall–Kier alpha value is -1.23. The minimum atomic E-state index is 0.296. The Bertz CT molecular complexity index is 667. The molecule has 4 heteroatoms. The highest BCUT2D eigenvalue weighted by molar-refractivity contribution is 7.10. The second-order valence-electron chi connectivity index (χ2n) is 7.47. The van der Waals surface area contributed by atoms with Crippen molar-refractivity contribution in [1.82, 2.24) is 9.88 Å². The van der Waals surface area contributed by atoms with E-state index in [9.17, 15) is 0 Å². The van der Waals surface area contributed by atoms with Crippen LogP contribution >= 0.6 is 11.3 Å². The number of likely N-dealkylation sites (tertiary alicyclic amines) is 1. The average Bonchev–Trinajstić information content (AvgIpc) is 3.20. The third-order valence-corrected chi connectivity index (χ3v) is 6.15. The quantitative estimate of drug-likeness (QED) is 0.688. The number of thiophene rings is 1. The average molecular weight is 359 g/mol. The van der Waals surface area contributed by atoms with E-state index in [4.69, 9.17) is 4.74 Å². The topological polar surface area (TPSA) is 25.4 Å². The third kappa shape index (κ3) is 5.13. The minimum absolute atomic E-state index is 0.296. The summed E-state index contributed by atoms with van der Waals surface area (Å²) >= 11 is 1.86. The van der Waals surface area contributed by atoms with E-state index < -0.39 is 0 Å². The molecule has 2 aromatic rings. The molecule has 0 saturated carbocycles. The van der Waals surface area contributed by atoms with Gasteiger partial charge in [-0.1, -0.05) is 6.07 Å². The summed E-state index contributed by atoms with van der Waals surface area (Å²) < 4.78 is 5.89. The van der Waals surface area contributed by atoms with Crippen LogP contribution in [0.5, 0.6) is 0 Å². The molecule has 136 valence electrons. The molecular formula is C21H30N2OS. The van der Waals surface area contributed by atoms with Crippen LogP contribution in [-0.2, 0) is 17.7 Å². The smallest absolute Gasteiger partial charge is 0.0535 e. The zero-order chi connectivity index (χ0) is 17.7. The summed E-state index contributed by atoms with van der Waals surface area (Å²) in [5.41, 5.74) is 4.18. The Kier molecular flexibility index (Phi) is 6.26. The Morgan fingerprint density at radius 2 is 2.16 bits per heavy atom. The molecule has 2 aromatic heterocycles. The maximum Gasteiger partial charge on any atom is 0.0535 e. The van der Waals surface area contributed by atoms with Gasteiger partial charge in [0.1, 0.15) is 0 Å². The standard InChI is InChI=1S/C21H30N2OS/c1-4-24-16-21(8-7-19-11-18(3)25-14-19)9-10-23(15-21)13-20-6-5-17(2)22-12-20/h5-6,11-12,14H,4,7-10,13,15-16H2,1-3H3/t21-/m1/s1. The molecule has 1 atom stereocenters. The lowest BCUT2D eigenvalue weighted by Gasteiger charge is -2.29. The molecular weight excluding hydrogens is 328 g/mol. The van der Waals surface area contributed by atoms with E-state index in [-0.39, 0.29) is 0 Å². The van der Waals surface area contributed by atoms with Crippen LogP contribution in [0.25, 0.3) is 0 Å². The van der Waals surface area contributed by atoms with Gasteiger partial charge in [0.15, 0.2) is 0 Å². The van der Waals surface area contributed by atoms with Crippen molar-refractivity contribution in [2.24, 2.45) is 5.41 Å². The number of ether oxygens (including phenoxy) is 1. The zero-order valence-corrected chi connectivity index (χ0v) is 16.6. The molecule has 0 spiro atoms. The van der Waals surface area contributed by atoms with E-state index in [1.807, 2.05) is 24.5 Å². The Morgan fingerprint density at radius 1 is 1.28 bits per heavy atom. The molecule has 0 N–H and O–H groups in total. The summed E-state index contributed by atoms with van der Waals surface area (Å²) in [4.78, 5) is 8.42. The second-order valence-corrected chi connectivity index (χ2v) is 8.59. The highest BCUT2D eigenvalue weighted by Gasteiger charge is 2.37. The summed E-state index contributed by atoms with van der Waals surface area (Å²) in [5.74, 6) is 0. The lowest BCUT2D eigenvalue weighted by Crippen LogP contribution is -2.32. The van der Waals surface area contributed by atoms with Crippen molar-refractivity contribution in [2.75, 3.05) is 26.3 Å². The lowest BCUT2D eigenvalue weighted by molar-refractivity contribution is 0.0489. The fraction of sp³-hybridized carbons (Fsp3) is 0.571. The first-order chi connectivity index (χ1) is 12.1. The van der Waals surface area contributed by atoms with Gasteiger partial charge in [-0.15, -0.1) is 11.3 Å². The molecule has 0 amide bonds.